The molecule has 6 heteroatoms. The number of hydrogen-bond donors (Lipinski definition) is 4. The Labute approximate surface area is 180 Å². The molecule has 2 aromatic heterocycles. The molecule has 3 aromatic rings. The maximum Gasteiger partial charge on any atom is 0.139 e. The summed E-state index contributed by atoms with van der Waals surface area (Å²) in [4.78, 5) is 10.9. The third-order valence-corrected chi connectivity index (χ3v) is 9.08. The molecule has 1 spiro atoms. The van der Waals surface area contributed by atoms with E-state index in [1.54, 1.807) is 0 Å². The van der Waals surface area contributed by atoms with Crippen molar-refractivity contribution in [3.05, 3.63) is 52.8 Å². The molecule has 4 heterocycles. The van der Waals surface area contributed by atoms with E-state index in [2.05, 4.69) is 32.3 Å². The molecular weight excluding hydrogens is 388 g/mol. The van der Waals surface area contributed by atoms with Crippen LogP contribution in [0.4, 0.5) is 5.69 Å². The average Bonchev–Trinajstić information content (AvgIpc) is 3.40. The molecule has 1 saturated carbocycles. The zero-order valence-electron chi connectivity index (χ0n) is 17.4. The van der Waals surface area contributed by atoms with Crippen LogP contribution in [-0.4, -0.2) is 49.8 Å². The van der Waals surface area contributed by atoms with E-state index in [1.165, 1.54) is 24.0 Å². The number of pyridine rings is 1. The number of aromatic nitrogens is 2. The summed E-state index contributed by atoms with van der Waals surface area (Å²) in [6, 6.07) is 7.96. The molecule has 31 heavy (non-hydrogen) atoms. The van der Waals surface area contributed by atoms with Gasteiger partial charge in [0.15, 0.2) is 0 Å². The van der Waals surface area contributed by atoms with Gasteiger partial charge < -0.3 is 20.5 Å². The van der Waals surface area contributed by atoms with E-state index >= 15 is 0 Å². The van der Waals surface area contributed by atoms with Gasteiger partial charge in [-0.15, -0.1) is 0 Å². The van der Waals surface area contributed by atoms with Gasteiger partial charge in [0.1, 0.15) is 5.75 Å². The van der Waals surface area contributed by atoms with Gasteiger partial charge in [-0.1, -0.05) is 6.07 Å². The van der Waals surface area contributed by atoms with Crippen LogP contribution >= 0.6 is 0 Å². The lowest BCUT2D eigenvalue weighted by Crippen LogP contribution is -2.74. The first kappa shape index (κ1) is 17.0. The van der Waals surface area contributed by atoms with Crippen LogP contribution in [0.15, 0.2) is 30.5 Å². The van der Waals surface area contributed by atoms with Gasteiger partial charge >= 0.3 is 0 Å². The number of piperidine rings is 1. The fourth-order valence-corrected chi connectivity index (χ4v) is 7.64. The average molecular weight is 415 g/mol. The molecule has 2 aliphatic heterocycles. The van der Waals surface area contributed by atoms with Crippen molar-refractivity contribution in [3.63, 3.8) is 0 Å². The number of phenolic OH excluding ortho intramolecular Hbond substituents is 1. The van der Waals surface area contributed by atoms with Crippen LogP contribution in [0.5, 0.6) is 5.75 Å². The number of nitrogens with one attached hydrogen (secondary N) is 2. The Balaban J connectivity index is 1.43. The number of rotatable bonds is 2. The molecule has 8 rings (SSSR count). The molecular formula is C25H26N4O2. The van der Waals surface area contributed by atoms with Crippen molar-refractivity contribution in [1.29, 1.82) is 0 Å². The highest BCUT2D eigenvalue weighted by atomic mass is 16.3. The predicted molar refractivity (Wildman–Crippen MR) is 117 cm³/mol. The minimum absolute atomic E-state index is 0.0802. The van der Waals surface area contributed by atoms with Crippen molar-refractivity contribution < 1.29 is 10.2 Å². The Morgan fingerprint density at radius 1 is 1.23 bits per heavy atom. The molecule has 6 nitrogen and oxygen atoms in total. The van der Waals surface area contributed by atoms with E-state index in [0.717, 1.165) is 59.8 Å². The summed E-state index contributed by atoms with van der Waals surface area (Å²) in [6.45, 7) is 2.10. The summed E-state index contributed by atoms with van der Waals surface area (Å²) in [7, 11) is 0. The van der Waals surface area contributed by atoms with Crippen molar-refractivity contribution in [2.45, 2.75) is 55.2 Å². The van der Waals surface area contributed by atoms with E-state index in [9.17, 15) is 10.2 Å². The Morgan fingerprint density at radius 2 is 2.13 bits per heavy atom. The first-order chi connectivity index (χ1) is 15.1. The van der Waals surface area contributed by atoms with Crippen molar-refractivity contribution >= 4 is 16.7 Å². The lowest BCUT2D eigenvalue weighted by atomic mass is 9.49. The van der Waals surface area contributed by atoms with Crippen molar-refractivity contribution in [3.8, 4) is 5.75 Å². The van der Waals surface area contributed by atoms with Crippen LogP contribution in [0.2, 0.25) is 0 Å². The number of nitrogens with zero attached hydrogens (tertiary/aromatic N) is 2. The quantitative estimate of drug-likeness (QED) is 0.485. The van der Waals surface area contributed by atoms with E-state index in [-0.39, 0.29) is 12.1 Å². The number of anilines is 1. The predicted octanol–water partition coefficient (Wildman–Crippen LogP) is 3.00. The monoisotopic (exact) mass is 414 g/mol. The Kier molecular flexibility index (Phi) is 2.88. The zero-order chi connectivity index (χ0) is 20.5. The molecule has 0 amide bonds. The van der Waals surface area contributed by atoms with Gasteiger partial charge in [-0.2, -0.15) is 0 Å². The fraction of sp³-hybridized carbons (Fsp3) is 0.480. The first-order valence-corrected chi connectivity index (χ1v) is 11.6. The number of aromatic amines is 1. The highest BCUT2D eigenvalue weighted by Gasteiger charge is 2.71. The van der Waals surface area contributed by atoms with Crippen molar-refractivity contribution in [1.82, 2.24) is 14.9 Å². The third kappa shape index (κ3) is 1.83. The second kappa shape index (κ2) is 5.25. The van der Waals surface area contributed by atoms with E-state index in [1.807, 2.05) is 18.3 Å². The largest absolute Gasteiger partial charge is 0.506 e. The number of fused-ring (bicyclic) bond motifs is 4. The second-order valence-corrected chi connectivity index (χ2v) is 10.5. The van der Waals surface area contributed by atoms with E-state index in [4.69, 9.17) is 0 Å². The molecule has 3 aliphatic carbocycles. The van der Waals surface area contributed by atoms with Gasteiger partial charge in [0.2, 0.25) is 0 Å². The lowest BCUT2D eigenvalue weighted by Gasteiger charge is -2.63. The molecule has 5 aliphatic rings. The minimum Gasteiger partial charge on any atom is -0.506 e. The Bertz CT molecular complexity index is 1280. The standard InChI is InChI=1S/C25H26N4O2/c30-17-6-5-14-10-18-25(31)11-15-20-16(2-1-8-26-20)27-21(15)23-24(25,19(14)22(17)28-23)7-9-29(18)12-13-3-4-13/h1-2,5-6,8,13,18,23,27-28,30-31H,3-4,7,9-12H2/t18?,23-,24-,25+/m0/s1. The van der Waals surface area contributed by atoms with Crippen LogP contribution in [-0.2, 0) is 18.3 Å². The van der Waals surface area contributed by atoms with E-state index in [0.29, 0.717) is 12.2 Å². The molecule has 4 N–H and O–H groups in total. The van der Waals surface area contributed by atoms with Gasteiger partial charge in [0, 0.05) is 36.5 Å². The highest BCUT2D eigenvalue weighted by Crippen LogP contribution is 2.68. The zero-order valence-corrected chi connectivity index (χ0v) is 17.4. The second-order valence-electron chi connectivity index (χ2n) is 10.5. The summed E-state index contributed by atoms with van der Waals surface area (Å²) in [5.41, 5.74) is 6.25. The molecule has 2 bridgehead atoms. The number of likely N-dealkylation sites (tertiary alicyclic amines) is 1. The SMILES string of the molecule is Oc1ccc2c3c1N[C@H]1c4[nH]c5cccnc5c4C[C@@]4(O)C(C2)N(CC2CC2)CC[C@]314. The first-order valence-electron chi connectivity index (χ1n) is 11.6. The van der Waals surface area contributed by atoms with Gasteiger partial charge in [-0.3, -0.25) is 9.88 Å². The summed E-state index contributed by atoms with van der Waals surface area (Å²) < 4.78 is 0. The molecule has 4 atom stereocenters. The molecule has 2 fully saturated rings. The van der Waals surface area contributed by atoms with Crippen LogP contribution in [0.3, 0.4) is 0 Å². The number of H-pyrrole nitrogens is 1. The van der Waals surface area contributed by atoms with Gasteiger partial charge in [0.05, 0.1) is 33.8 Å². The van der Waals surface area contributed by atoms with Crippen LogP contribution < -0.4 is 5.32 Å². The van der Waals surface area contributed by atoms with Crippen molar-refractivity contribution in [2.24, 2.45) is 5.92 Å². The minimum atomic E-state index is -0.885. The number of benzene rings is 1. The Hall–Kier alpha value is -2.57. The van der Waals surface area contributed by atoms with Crippen molar-refractivity contribution in [2.75, 3.05) is 18.4 Å². The summed E-state index contributed by atoms with van der Waals surface area (Å²) >= 11 is 0. The molecule has 1 unspecified atom stereocenters. The maximum atomic E-state index is 12.7. The molecule has 1 aromatic carbocycles. The maximum absolute atomic E-state index is 12.7. The number of aromatic hydroxyl groups is 1. The normalized spacial score (nSPS) is 35.0. The van der Waals surface area contributed by atoms with Crippen LogP contribution in [0.1, 0.15) is 47.7 Å². The van der Waals surface area contributed by atoms with Gasteiger partial charge in [-0.05, 0) is 67.5 Å². The number of phenols is 1. The lowest BCUT2D eigenvalue weighted by molar-refractivity contribution is -0.155. The fourth-order valence-electron chi connectivity index (χ4n) is 7.64. The smallest absolute Gasteiger partial charge is 0.139 e. The Morgan fingerprint density at radius 3 is 3.00 bits per heavy atom. The summed E-state index contributed by atoms with van der Waals surface area (Å²) in [5, 5.41) is 27.2. The summed E-state index contributed by atoms with van der Waals surface area (Å²) in [5.74, 6) is 1.08. The van der Waals surface area contributed by atoms with Crippen LogP contribution in [0, 0.1) is 5.92 Å². The van der Waals surface area contributed by atoms with Gasteiger partial charge in [-0.25, -0.2) is 0 Å². The highest BCUT2D eigenvalue weighted by molar-refractivity contribution is 5.84. The number of aliphatic hydroxyl groups is 1. The molecule has 0 radical (unpaired) electrons. The van der Waals surface area contributed by atoms with Gasteiger partial charge in [0.25, 0.3) is 0 Å². The molecule has 1 saturated heterocycles. The van der Waals surface area contributed by atoms with E-state index < -0.39 is 11.0 Å². The number of hydrogen-bond acceptors (Lipinski definition) is 5. The summed E-state index contributed by atoms with van der Waals surface area (Å²) in [6.07, 6.45) is 6.83. The van der Waals surface area contributed by atoms with Crippen LogP contribution in [0.25, 0.3) is 11.0 Å². The third-order valence-electron chi connectivity index (χ3n) is 9.08. The molecule has 158 valence electrons. The topological polar surface area (TPSA) is 84.4 Å².